The fourth-order valence-corrected chi connectivity index (χ4v) is 4.74. The summed E-state index contributed by atoms with van der Waals surface area (Å²) in [7, 11) is -4.64. The summed E-state index contributed by atoms with van der Waals surface area (Å²) in [5.41, 5.74) is 0. The average Bonchev–Trinajstić information content (AvgIpc) is 2.63. The van der Waals surface area contributed by atoms with Gasteiger partial charge >= 0.3 is 29.6 Å². The number of hydrogen-bond donors (Lipinski definition) is 1. The molecule has 4 nitrogen and oxygen atoms in total. The Labute approximate surface area is 204 Å². The minimum atomic E-state index is -4.64. The molecule has 0 heterocycles. The van der Waals surface area contributed by atoms with Gasteiger partial charge in [0.1, 0.15) is 10.1 Å². The molecule has 1 N–H and O–H groups in total. The van der Waals surface area contributed by atoms with E-state index in [-0.39, 0.29) is 42.4 Å². The molecular formula is C23H47NaO4S. The topological polar surface area (TPSA) is 77.4 Å². The Morgan fingerprint density at radius 1 is 0.586 bits per heavy atom. The minimum absolute atomic E-state index is 0. The van der Waals surface area contributed by atoms with Gasteiger partial charge in [0.2, 0.25) is 0 Å². The molecule has 0 aliphatic heterocycles. The van der Waals surface area contributed by atoms with Crippen LogP contribution in [0.5, 0.6) is 0 Å². The molecule has 29 heavy (non-hydrogen) atoms. The van der Waals surface area contributed by atoms with Crippen molar-refractivity contribution in [3.8, 4) is 0 Å². The number of hydrogen-bond acceptors (Lipinski definition) is 4. The summed E-state index contributed by atoms with van der Waals surface area (Å²) in [4.78, 5) is -2.06. The molecule has 0 bridgehead atoms. The molecule has 170 valence electrons. The van der Waals surface area contributed by atoms with E-state index in [1.165, 1.54) is 83.5 Å². The van der Waals surface area contributed by atoms with Gasteiger partial charge in [-0.15, -0.1) is 0 Å². The maximum Gasteiger partial charge on any atom is 1.00 e. The SMILES string of the molecule is CCCCCCCCCCCCCCCCCCCC(O)(CCC)S(=O)(=O)[O-].[Na+]. The molecule has 0 aromatic rings. The number of aliphatic hydroxyl groups is 1. The van der Waals surface area contributed by atoms with Crippen LogP contribution in [0.3, 0.4) is 0 Å². The molecule has 0 amide bonds. The molecule has 0 saturated carbocycles. The zero-order valence-electron chi connectivity index (χ0n) is 19.7. The van der Waals surface area contributed by atoms with Gasteiger partial charge in [-0.25, -0.2) is 8.42 Å². The van der Waals surface area contributed by atoms with Gasteiger partial charge in [0.25, 0.3) is 0 Å². The zero-order chi connectivity index (χ0) is 21.1. The van der Waals surface area contributed by atoms with Gasteiger partial charge in [0.05, 0.1) is 0 Å². The smallest absolute Gasteiger partial charge is 0.746 e. The first kappa shape index (κ1) is 32.1. The molecule has 0 aromatic heterocycles. The summed E-state index contributed by atoms with van der Waals surface area (Å²) < 4.78 is 33.7. The summed E-state index contributed by atoms with van der Waals surface area (Å²) in [5, 5.41) is 10.1. The number of unbranched alkanes of at least 4 members (excludes halogenated alkanes) is 16. The quantitative estimate of drug-likeness (QED) is 0.165. The van der Waals surface area contributed by atoms with E-state index in [0.717, 1.165) is 19.3 Å². The molecule has 0 aliphatic rings. The van der Waals surface area contributed by atoms with Crippen molar-refractivity contribution in [3.63, 3.8) is 0 Å². The van der Waals surface area contributed by atoms with Crippen molar-refractivity contribution in [1.29, 1.82) is 0 Å². The van der Waals surface area contributed by atoms with E-state index in [0.29, 0.717) is 12.8 Å². The average molecular weight is 443 g/mol. The van der Waals surface area contributed by atoms with Gasteiger partial charge in [-0.1, -0.05) is 123 Å². The van der Waals surface area contributed by atoms with Crippen LogP contribution in [-0.4, -0.2) is 23.0 Å². The molecule has 0 aromatic carbocycles. The Hall–Kier alpha value is 0.870. The first-order valence-electron chi connectivity index (χ1n) is 12.0. The fraction of sp³-hybridized carbons (Fsp3) is 1.00. The second-order valence-electron chi connectivity index (χ2n) is 8.56. The van der Waals surface area contributed by atoms with Crippen molar-refractivity contribution in [3.05, 3.63) is 0 Å². The van der Waals surface area contributed by atoms with Crippen molar-refractivity contribution >= 4 is 10.1 Å². The van der Waals surface area contributed by atoms with E-state index < -0.39 is 15.1 Å². The molecule has 1 atom stereocenters. The first-order valence-corrected chi connectivity index (χ1v) is 13.5. The summed E-state index contributed by atoms with van der Waals surface area (Å²) in [6.07, 6.45) is 22.0. The van der Waals surface area contributed by atoms with Gasteiger partial charge in [0.15, 0.2) is 4.93 Å². The van der Waals surface area contributed by atoms with Crippen LogP contribution in [0.25, 0.3) is 0 Å². The minimum Gasteiger partial charge on any atom is -0.746 e. The molecule has 0 rings (SSSR count). The second kappa shape index (κ2) is 20.8. The van der Waals surface area contributed by atoms with Crippen LogP contribution in [-0.2, 0) is 10.1 Å². The molecule has 0 saturated heterocycles. The molecule has 0 radical (unpaired) electrons. The summed E-state index contributed by atoms with van der Waals surface area (Å²) >= 11 is 0. The maximum atomic E-state index is 11.2. The van der Waals surface area contributed by atoms with Crippen LogP contribution >= 0.6 is 0 Å². The third-order valence-corrected chi connectivity index (χ3v) is 7.12. The molecular weight excluding hydrogens is 395 g/mol. The van der Waals surface area contributed by atoms with E-state index >= 15 is 0 Å². The van der Waals surface area contributed by atoms with Crippen LogP contribution in [0.1, 0.15) is 142 Å². The maximum absolute atomic E-state index is 11.2. The number of rotatable bonds is 21. The molecule has 0 aliphatic carbocycles. The van der Waals surface area contributed by atoms with Gasteiger partial charge in [-0.3, -0.25) is 0 Å². The monoisotopic (exact) mass is 442 g/mol. The van der Waals surface area contributed by atoms with Gasteiger partial charge in [-0.05, 0) is 19.3 Å². The second-order valence-corrected chi connectivity index (χ2v) is 10.2. The predicted molar refractivity (Wildman–Crippen MR) is 118 cm³/mol. The molecule has 1 unspecified atom stereocenters. The Morgan fingerprint density at radius 3 is 1.17 bits per heavy atom. The largest absolute Gasteiger partial charge is 1.00 e. The molecule has 6 heteroatoms. The van der Waals surface area contributed by atoms with Crippen molar-refractivity contribution in [2.75, 3.05) is 0 Å². The Morgan fingerprint density at radius 2 is 0.897 bits per heavy atom. The van der Waals surface area contributed by atoms with Crippen LogP contribution in [0.4, 0.5) is 0 Å². The Kier molecular flexibility index (Phi) is 22.9. The standard InChI is InChI=1S/C23H48O4S.Na/c1-3-5-6-7-8-9-10-11-12-13-14-15-16-17-18-19-20-22-23(24,21-4-2)28(25,26)27;/h24H,3-22H2,1-2H3,(H,25,26,27);/q;+1/p-1. The van der Waals surface area contributed by atoms with Crippen LogP contribution in [0, 0.1) is 0 Å². The van der Waals surface area contributed by atoms with E-state index in [1.54, 1.807) is 6.92 Å². The first-order chi connectivity index (χ1) is 13.4. The molecule has 0 fully saturated rings. The van der Waals surface area contributed by atoms with Crippen LogP contribution in [0.2, 0.25) is 0 Å². The van der Waals surface area contributed by atoms with Crippen molar-refractivity contribution in [2.24, 2.45) is 0 Å². The van der Waals surface area contributed by atoms with E-state index in [4.69, 9.17) is 0 Å². The normalized spacial score (nSPS) is 13.8. The van der Waals surface area contributed by atoms with Crippen molar-refractivity contribution < 1.29 is 47.6 Å². The zero-order valence-corrected chi connectivity index (χ0v) is 22.5. The predicted octanol–water partition coefficient (Wildman–Crippen LogP) is 4.07. The van der Waals surface area contributed by atoms with E-state index in [2.05, 4.69) is 6.92 Å². The van der Waals surface area contributed by atoms with Gasteiger partial charge in [0, 0.05) is 0 Å². The van der Waals surface area contributed by atoms with Crippen molar-refractivity contribution in [2.45, 2.75) is 147 Å². The third kappa shape index (κ3) is 18.2. The van der Waals surface area contributed by atoms with Crippen LogP contribution in [0.15, 0.2) is 0 Å². The Bertz CT molecular complexity index is 442. The van der Waals surface area contributed by atoms with Gasteiger partial charge in [-0.2, -0.15) is 0 Å². The van der Waals surface area contributed by atoms with Crippen molar-refractivity contribution in [1.82, 2.24) is 0 Å². The Balaban J connectivity index is 0. The molecule has 0 spiro atoms. The third-order valence-electron chi connectivity index (χ3n) is 5.78. The summed E-state index contributed by atoms with van der Waals surface area (Å²) in [5.74, 6) is 0. The van der Waals surface area contributed by atoms with Gasteiger partial charge < -0.3 is 9.66 Å². The van der Waals surface area contributed by atoms with Crippen LogP contribution < -0.4 is 29.6 Å². The van der Waals surface area contributed by atoms with E-state index in [1.807, 2.05) is 0 Å². The fourth-order valence-electron chi connectivity index (χ4n) is 3.89. The summed E-state index contributed by atoms with van der Waals surface area (Å²) in [6.45, 7) is 4.05. The van der Waals surface area contributed by atoms with E-state index in [9.17, 15) is 18.1 Å². The summed E-state index contributed by atoms with van der Waals surface area (Å²) in [6, 6.07) is 0.